The molecular weight excluding hydrogens is 324 g/mol. The number of hydrogen-bond donors (Lipinski definition) is 2. The van der Waals surface area contributed by atoms with Crippen LogP contribution in [0.15, 0.2) is 24.3 Å². The quantitative estimate of drug-likeness (QED) is 0.795. The standard InChI is InChI=1S/C17H22F4N2O/c1-11(24)22-14-6-8-15(9-7-14)23-16(10-17(19,20)21)12-2-4-13(18)5-3-12/h2-5,14-16,23H,6-10H2,1H3,(H,22,24)/t14?,15?,16-/m1/s1. The number of nitrogens with one attached hydrogen (secondary N) is 2. The number of carbonyl (C=O) groups excluding carboxylic acids is 1. The van der Waals surface area contributed by atoms with Crippen LogP contribution in [0.25, 0.3) is 0 Å². The molecule has 1 aromatic carbocycles. The number of hydrogen-bond acceptors (Lipinski definition) is 2. The van der Waals surface area contributed by atoms with E-state index in [9.17, 15) is 22.4 Å². The first-order chi connectivity index (χ1) is 11.2. The van der Waals surface area contributed by atoms with Crippen molar-refractivity contribution in [3.63, 3.8) is 0 Å². The van der Waals surface area contributed by atoms with Gasteiger partial charge in [-0.1, -0.05) is 12.1 Å². The van der Waals surface area contributed by atoms with Crippen LogP contribution in [0.3, 0.4) is 0 Å². The molecule has 2 N–H and O–H groups in total. The van der Waals surface area contributed by atoms with Crippen LogP contribution in [-0.2, 0) is 4.79 Å². The molecule has 0 radical (unpaired) electrons. The summed E-state index contributed by atoms with van der Waals surface area (Å²) in [4.78, 5) is 11.1. The highest BCUT2D eigenvalue weighted by atomic mass is 19.4. The molecule has 1 aliphatic carbocycles. The van der Waals surface area contributed by atoms with Crippen molar-refractivity contribution in [1.82, 2.24) is 10.6 Å². The molecule has 24 heavy (non-hydrogen) atoms. The summed E-state index contributed by atoms with van der Waals surface area (Å²) < 4.78 is 51.6. The van der Waals surface area contributed by atoms with Crippen LogP contribution in [-0.4, -0.2) is 24.2 Å². The summed E-state index contributed by atoms with van der Waals surface area (Å²) >= 11 is 0. The topological polar surface area (TPSA) is 41.1 Å². The maximum Gasteiger partial charge on any atom is 0.390 e. The Kier molecular flexibility index (Phi) is 6.21. The summed E-state index contributed by atoms with van der Waals surface area (Å²) in [7, 11) is 0. The average molecular weight is 346 g/mol. The van der Waals surface area contributed by atoms with Gasteiger partial charge in [-0.15, -0.1) is 0 Å². The fourth-order valence-electron chi connectivity index (χ4n) is 3.18. The third-order valence-corrected chi connectivity index (χ3v) is 4.28. The van der Waals surface area contributed by atoms with Crippen molar-refractivity contribution in [1.29, 1.82) is 0 Å². The molecule has 0 bridgehead atoms. The monoisotopic (exact) mass is 346 g/mol. The number of benzene rings is 1. The predicted octanol–water partition coefficient (Wildman–Crippen LogP) is 3.86. The minimum Gasteiger partial charge on any atom is -0.354 e. The number of rotatable bonds is 5. The fourth-order valence-corrected chi connectivity index (χ4v) is 3.18. The van der Waals surface area contributed by atoms with Gasteiger partial charge in [-0.2, -0.15) is 13.2 Å². The number of amides is 1. The molecule has 1 aliphatic rings. The minimum atomic E-state index is -4.31. The minimum absolute atomic E-state index is 0.0487. The van der Waals surface area contributed by atoms with Gasteiger partial charge >= 0.3 is 6.18 Å². The Bertz CT molecular complexity index is 537. The number of carbonyl (C=O) groups is 1. The van der Waals surface area contributed by atoms with E-state index >= 15 is 0 Å². The second-order valence-corrected chi connectivity index (χ2v) is 6.34. The maximum absolute atomic E-state index is 13.0. The largest absolute Gasteiger partial charge is 0.390 e. The Morgan fingerprint density at radius 1 is 1.12 bits per heavy atom. The van der Waals surface area contributed by atoms with Gasteiger partial charge in [0.15, 0.2) is 0 Å². The lowest BCUT2D eigenvalue weighted by Gasteiger charge is -2.33. The van der Waals surface area contributed by atoms with Crippen LogP contribution < -0.4 is 10.6 Å². The van der Waals surface area contributed by atoms with Crippen molar-refractivity contribution in [2.75, 3.05) is 0 Å². The van der Waals surface area contributed by atoms with E-state index in [-0.39, 0.29) is 18.0 Å². The number of halogens is 4. The highest BCUT2D eigenvalue weighted by Gasteiger charge is 2.34. The van der Waals surface area contributed by atoms with E-state index in [2.05, 4.69) is 10.6 Å². The van der Waals surface area contributed by atoms with Gasteiger partial charge in [0.25, 0.3) is 0 Å². The van der Waals surface area contributed by atoms with Crippen molar-refractivity contribution in [3.05, 3.63) is 35.6 Å². The van der Waals surface area contributed by atoms with Crippen LogP contribution >= 0.6 is 0 Å². The van der Waals surface area contributed by atoms with Gasteiger partial charge in [-0.25, -0.2) is 4.39 Å². The van der Waals surface area contributed by atoms with E-state index in [0.717, 1.165) is 12.8 Å². The molecule has 1 amide bonds. The second kappa shape index (κ2) is 7.96. The van der Waals surface area contributed by atoms with Crippen molar-refractivity contribution in [2.45, 2.75) is 63.3 Å². The highest BCUT2D eigenvalue weighted by molar-refractivity contribution is 5.73. The van der Waals surface area contributed by atoms with Crippen molar-refractivity contribution >= 4 is 5.91 Å². The summed E-state index contributed by atoms with van der Waals surface area (Å²) in [6, 6.07) is 4.28. The van der Waals surface area contributed by atoms with E-state index in [4.69, 9.17) is 0 Å². The fraction of sp³-hybridized carbons (Fsp3) is 0.588. The normalized spacial score (nSPS) is 22.9. The lowest BCUT2D eigenvalue weighted by molar-refractivity contribution is -0.141. The zero-order valence-electron chi connectivity index (χ0n) is 13.5. The highest BCUT2D eigenvalue weighted by Crippen LogP contribution is 2.31. The number of alkyl halides is 3. The van der Waals surface area contributed by atoms with Crippen LogP contribution in [0.5, 0.6) is 0 Å². The van der Waals surface area contributed by atoms with Crippen molar-refractivity contribution < 1.29 is 22.4 Å². The van der Waals surface area contributed by atoms with Gasteiger partial charge < -0.3 is 10.6 Å². The SMILES string of the molecule is CC(=O)NC1CCC(N[C@H](CC(F)(F)F)c2ccc(F)cc2)CC1. The summed E-state index contributed by atoms with van der Waals surface area (Å²) in [5.41, 5.74) is 0.428. The van der Waals surface area contributed by atoms with E-state index < -0.39 is 24.5 Å². The van der Waals surface area contributed by atoms with E-state index in [1.807, 2.05) is 0 Å². The predicted molar refractivity (Wildman–Crippen MR) is 82.8 cm³/mol. The molecule has 0 saturated heterocycles. The van der Waals surface area contributed by atoms with Gasteiger partial charge in [-0.05, 0) is 43.4 Å². The first-order valence-corrected chi connectivity index (χ1v) is 8.08. The summed E-state index contributed by atoms with van der Waals surface area (Å²) in [5.74, 6) is -0.562. The van der Waals surface area contributed by atoms with Gasteiger partial charge in [0.2, 0.25) is 5.91 Å². The molecule has 0 unspecified atom stereocenters. The van der Waals surface area contributed by atoms with E-state index in [0.29, 0.717) is 18.4 Å². The molecule has 0 aliphatic heterocycles. The van der Waals surface area contributed by atoms with Crippen molar-refractivity contribution in [2.24, 2.45) is 0 Å². The van der Waals surface area contributed by atoms with Crippen LogP contribution in [0.2, 0.25) is 0 Å². The Morgan fingerprint density at radius 2 is 1.67 bits per heavy atom. The summed E-state index contributed by atoms with van der Waals surface area (Å²) in [6.07, 6.45) is -2.44. The molecular formula is C17H22F4N2O. The first kappa shape index (κ1) is 18.7. The Labute approximate surface area is 138 Å². The van der Waals surface area contributed by atoms with Gasteiger partial charge in [0, 0.05) is 25.0 Å². The third kappa shape index (κ3) is 6.11. The molecule has 1 fully saturated rings. The molecule has 1 aromatic rings. The van der Waals surface area contributed by atoms with E-state index in [1.54, 1.807) is 0 Å². The Balaban J connectivity index is 1.98. The second-order valence-electron chi connectivity index (χ2n) is 6.34. The molecule has 7 heteroatoms. The molecule has 2 rings (SSSR count). The van der Waals surface area contributed by atoms with Crippen LogP contribution in [0.4, 0.5) is 17.6 Å². The zero-order chi connectivity index (χ0) is 17.7. The summed E-state index contributed by atoms with van der Waals surface area (Å²) in [5, 5.41) is 5.91. The summed E-state index contributed by atoms with van der Waals surface area (Å²) in [6.45, 7) is 1.46. The average Bonchev–Trinajstić information content (AvgIpc) is 2.47. The third-order valence-electron chi connectivity index (χ3n) is 4.28. The van der Waals surface area contributed by atoms with Crippen molar-refractivity contribution in [3.8, 4) is 0 Å². The molecule has 0 aromatic heterocycles. The molecule has 134 valence electrons. The lowest BCUT2D eigenvalue weighted by Crippen LogP contribution is -2.43. The maximum atomic E-state index is 13.0. The first-order valence-electron chi connectivity index (χ1n) is 8.08. The van der Waals surface area contributed by atoms with Crippen LogP contribution in [0, 0.1) is 5.82 Å². The van der Waals surface area contributed by atoms with Gasteiger partial charge in [-0.3, -0.25) is 4.79 Å². The molecule has 0 spiro atoms. The Morgan fingerprint density at radius 3 is 2.17 bits per heavy atom. The molecule has 0 heterocycles. The molecule has 1 atom stereocenters. The zero-order valence-corrected chi connectivity index (χ0v) is 13.5. The van der Waals surface area contributed by atoms with Crippen LogP contribution in [0.1, 0.15) is 50.6 Å². The lowest BCUT2D eigenvalue weighted by atomic mass is 9.89. The Hall–Kier alpha value is -1.63. The smallest absolute Gasteiger partial charge is 0.354 e. The molecule has 1 saturated carbocycles. The van der Waals surface area contributed by atoms with Gasteiger partial charge in [0.05, 0.1) is 6.42 Å². The van der Waals surface area contributed by atoms with E-state index in [1.165, 1.54) is 31.2 Å². The van der Waals surface area contributed by atoms with Gasteiger partial charge in [0.1, 0.15) is 5.82 Å². The molecule has 3 nitrogen and oxygen atoms in total.